The Morgan fingerprint density at radius 1 is 1.20 bits per heavy atom. The number of anilines is 3. The average Bonchev–Trinajstić information content (AvgIpc) is 2.75. The van der Waals surface area contributed by atoms with Gasteiger partial charge in [0.05, 0.1) is 40.5 Å². The summed E-state index contributed by atoms with van der Waals surface area (Å²) in [5.41, 5.74) is -1.49. The monoisotopic (exact) mass is 535 g/mol. The molecular weight excluding hydrogens is 518 g/mol. The van der Waals surface area contributed by atoms with Gasteiger partial charge in [-0.05, 0) is 24.3 Å². The highest BCUT2D eigenvalue weighted by Gasteiger charge is 2.36. The van der Waals surface area contributed by atoms with E-state index in [1.165, 1.54) is 25.5 Å². The molecule has 2 N–H and O–H groups in total. The summed E-state index contributed by atoms with van der Waals surface area (Å²) in [5, 5.41) is 1.75. The van der Waals surface area contributed by atoms with Crippen LogP contribution in [0.15, 0.2) is 35.4 Å². The van der Waals surface area contributed by atoms with Crippen molar-refractivity contribution in [3.63, 3.8) is 0 Å². The first-order valence-electron chi connectivity index (χ1n) is 10.0. The molecule has 0 bridgehead atoms. The van der Waals surface area contributed by atoms with Gasteiger partial charge < -0.3 is 14.6 Å². The highest BCUT2D eigenvalue weighted by atomic mass is 35.5. The quantitative estimate of drug-likeness (QED) is 0.428. The maximum atomic E-state index is 15.1. The zero-order valence-electron chi connectivity index (χ0n) is 17.9. The molecule has 35 heavy (non-hydrogen) atoms. The standard InChI is InChI=1S/C20H18ClF4N5O4S/c1-29-9-26-12-4-5-14(17(23)15(12)19(29)31)27-18-11(22)2-3-13(16(18)21)28-35(32,33)30-6-10(7-30)8-34-20(24)25/h2-5,9-10,20,27-28H,6-8H2,1H3. The Kier molecular flexibility index (Phi) is 6.90. The van der Waals surface area contributed by atoms with Crippen LogP contribution in [0.4, 0.5) is 34.6 Å². The van der Waals surface area contributed by atoms with E-state index < -0.39 is 50.6 Å². The van der Waals surface area contributed by atoms with Crippen LogP contribution in [0.1, 0.15) is 0 Å². The molecule has 1 saturated heterocycles. The van der Waals surface area contributed by atoms with Crippen LogP contribution < -0.4 is 15.6 Å². The molecule has 0 atom stereocenters. The van der Waals surface area contributed by atoms with Crippen LogP contribution in [0.5, 0.6) is 0 Å². The van der Waals surface area contributed by atoms with Crippen LogP contribution in [0, 0.1) is 17.6 Å². The number of alkyl halides is 2. The number of aromatic nitrogens is 2. The number of benzene rings is 2. The molecule has 1 aromatic heterocycles. The van der Waals surface area contributed by atoms with Crippen molar-refractivity contribution in [2.24, 2.45) is 13.0 Å². The molecule has 0 radical (unpaired) electrons. The van der Waals surface area contributed by atoms with Crippen LogP contribution in [-0.2, 0) is 22.0 Å². The summed E-state index contributed by atoms with van der Waals surface area (Å²) in [6.07, 6.45) is 1.23. The summed E-state index contributed by atoms with van der Waals surface area (Å²) >= 11 is 6.22. The van der Waals surface area contributed by atoms with Crippen molar-refractivity contribution in [1.82, 2.24) is 13.9 Å². The molecule has 0 saturated carbocycles. The second-order valence-corrected chi connectivity index (χ2v) is 9.82. The molecule has 4 rings (SSSR count). The van der Waals surface area contributed by atoms with E-state index in [0.717, 1.165) is 21.0 Å². The zero-order chi connectivity index (χ0) is 25.5. The third-order valence-electron chi connectivity index (χ3n) is 5.34. The Hall–Kier alpha value is -2.94. The van der Waals surface area contributed by atoms with E-state index in [1.54, 1.807) is 0 Å². The number of nitrogens with zero attached hydrogens (tertiary/aromatic N) is 3. The molecule has 3 aromatic rings. The highest BCUT2D eigenvalue weighted by molar-refractivity contribution is 7.90. The van der Waals surface area contributed by atoms with Crippen LogP contribution in [0.2, 0.25) is 5.02 Å². The van der Waals surface area contributed by atoms with E-state index in [4.69, 9.17) is 11.6 Å². The number of rotatable bonds is 8. The van der Waals surface area contributed by atoms with Gasteiger partial charge in [0.15, 0.2) is 5.82 Å². The summed E-state index contributed by atoms with van der Waals surface area (Å²) in [4.78, 5) is 16.3. The summed E-state index contributed by atoms with van der Waals surface area (Å²) < 4.78 is 87.5. The highest BCUT2D eigenvalue weighted by Crippen LogP contribution is 2.37. The lowest BCUT2D eigenvalue weighted by Gasteiger charge is -2.37. The first kappa shape index (κ1) is 25.2. The van der Waals surface area contributed by atoms with Gasteiger partial charge in [-0.15, -0.1) is 0 Å². The minimum atomic E-state index is -4.14. The van der Waals surface area contributed by atoms with Gasteiger partial charge in [0, 0.05) is 26.1 Å². The molecular formula is C20H18ClF4N5O4S. The number of aryl methyl sites for hydroxylation is 1. The fourth-order valence-corrected chi connectivity index (χ4v) is 5.16. The van der Waals surface area contributed by atoms with Gasteiger partial charge in [-0.2, -0.15) is 21.5 Å². The van der Waals surface area contributed by atoms with Crippen molar-refractivity contribution >= 4 is 49.8 Å². The number of hydrogen-bond acceptors (Lipinski definition) is 6. The Bertz CT molecular complexity index is 1450. The predicted octanol–water partition coefficient (Wildman–Crippen LogP) is 3.44. The Morgan fingerprint density at radius 3 is 2.57 bits per heavy atom. The number of nitrogens with one attached hydrogen (secondary N) is 2. The van der Waals surface area contributed by atoms with Gasteiger partial charge in [0.2, 0.25) is 0 Å². The Labute approximate surface area is 201 Å². The van der Waals surface area contributed by atoms with Crippen molar-refractivity contribution in [2.75, 3.05) is 29.7 Å². The summed E-state index contributed by atoms with van der Waals surface area (Å²) in [6.45, 7) is -3.37. The lowest BCUT2D eigenvalue weighted by Crippen LogP contribution is -2.53. The van der Waals surface area contributed by atoms with Gasteiger partial charge in [0.25, 0.3) is 5.56 Å². The van der Waals surface area contributed by atoms with Crippen molar-refractivity contribution < 1.29 is 30.7 Å². The molecule has 1 fully saturated rings. The fraction of sp³-hybridized carbons (Fsp3) is 0.300. The molecule has 2 aromatic carbocycles. The number of hydrogen-bond donors (Lipinski definition) is 2. The van der Waals surface area contributed by atoms with Gasteiger partial charge >= 0.3 is 16.8 Å². The molecule has 0 aliphatic carbocycles. The summed E-state index contributed by atoms with van der Waals surface area (Å²) in [7, 11) is -2.75. The van der Waals surface area contributed by atoms with Crippen LogP contribution in [-0.4, -0.2) is 48.6 Å². The van der Waals surface area contributed by atoms with Gasteiger partial charge in [-0.3, -0.25) is 9.52 Å². The topological polar surface area (TPSA) is 106 Å². The van der Waals surface area contributed by atoms with E-state index in [1.807, 2.05) is 0 Å². The third-order valence-corrected chi connectivity index (χ3v) is 7.18. The smallest absolute Gasteiger partial charge is 0.345 e. The molecule has 1 aliphatic rings. The normalized spacial score (nSPS) is 14.9. The van der Waals surface area contributed by atoms with E-state index in [0.29, 0.717) is 0 Å². The molecule has 0 amide bonds. The molecule has 0 spiro atoms. The minimum Gasteiger partial charge on any atom is -0.349 e. The second kappa shape index (κ2) is 9.60. The average molecular weight is 536 g/mol. The van der Waals surface area contributed by atoms with Crippen LogP contribution in [0.3, 0.4) is 0 Å². The fourth-order valence-electron chi connectivity index (χ4n) is 3.47. The SMILES string of the molecule is Cn1cnc2ccc(Nc3c(F)ccc(NS(=O)(=O)N4CC(COC(F)F)C4)c3Cl)c(F)c2c1=O. The van der Waals surface area contributed by atoms with E-state index >= 15 is 4.39 Å². The first-order chi connectivity index (χ1) is 16.5. The van der Waals surface area contributed by atoms with Crippen molar-refractivity contribution in [3.05, 3.63) is 57.6 Å². The lowest BCUT2D eigenvalue weighted by atomic mass is 10.1. The lowest BCUT2D eigenvalue weighted by molar-refractivity contribution is -0.145. The van der Waals surface area contributed by atoms with E-state index in [2.05, 4.69) is 19.8 Å². The summed E-state index contributed by atoms with van der Waals surface area (Å²) in [6, 6.07) is 4.59. The van der Waals surface area contributed by atoms with Crippen molar-refractivity contribution in [1.29, 1.82) is 0 Å². The Morgan fingerprint density at radius 2 is 1.89 bits per heavy atom. The third kappa shape index (κ3) is 5.05. The molecule has 0 unspecified atom stereocenters. The molecule has 2 heterocycles. The zero-order valence-corrected chi connectivity index (χ0v) is 19.5. The van der Waals surface area contributed by atoms with Crippen molar-refractivity contribution in [2.45, 2.75) is 6.61 Å². The van der Waals surface area contributed by atoms with Crippen LogP contribution >= 0.6 is 11.6 Å². The first-order valence-corrected chi connectivity index (χ1v) is 11.9. The second-order valence-electron chi connectivity index (χ2n) is 7.77. The maximum absolute atomic E-state index is 15.1. The maximum Gasteiger partial charge on any atom is 0.345 e. The van der Waals surface area contributed by atoms with E-state index in [-0.39, 0.29) is 42.0 Å². The largest absolute Gasteiger partial charge is 0.349 e. The van der Waals surface area contributed by atoms with Gasteiger partial charge in [-0.1, -0.05) is 11.6 Å². The predicted molar refractivity (Wildman–Crippen MR) is 121 cm³/mol. The van der Waals surface area contributed by atoms with E-state index in [9.17, 15) is 26.4 Å². The summed E-state index contributed by atoms with van der Waals surface area (Å²) in [5.74, 6) is -2.31. The van der Waals surface area contributed by atoms with Gasteiger partial charge in [-0.25, -0.2) is 13.8 Å². The van der Waals surface area contributed by atoms with Gasteiger partial charge in [0.1, 0.15) is 11.2 Å². The minimum absolute atomic E-state index is 0.0583. The number of ether oxygens (including phenoxy) is 1. The van der Waals surface area contributed by atoms with Crippen molar-refractivity contribution in [3.8, 4) is 0 Å². The molecule has 9 nitrogen and oxygen atoms in total. The number of halogens is 5. The molecule has 15 heteroatoms. The molecule has 1 aliphatic heterocycles. The van der Waals surface area contributed by atoms with Crippen LogP contribution in [0.25, 0.3) is 10.9 Å². The number of fused-ring (bicyclic) bond motifs is 1. The Balaban J connectivity index is 1.57. The molecule has 188 valence electrons.